The van der Waals surface area contributed by atoms with Crippen LogP contribution in [0.15, 0.2) is 134 Å². The third kappa shape index (κ3) is 9.11. The maximum Gasteiger partial charge on any atom is 0.247 e. The van der Waals surface area contributed by atoms with Crippen molar-refractivity contribution in [1.29, 1.82) is 0 Å². The molecule has 2 aliphatic rings. The van der Waals surface area contributed by atoms with Gasteiger partial charge in [0.25, 0.3) is 0 Å². The molecule has 6 heteroatoms. The van der Waals surface area contributed by atoms with Crippen LogP contribution in [0, 0.1) is 0 Å². The highest BCUT2D eigenvalue weighted by atomic mass is 16.2. The molecule has 0 spiro atoms. The van der Waals surface area contributed by atoms with Gasteiger partial charge in [-0.05, 0) is 90.4 Å². The molecule has 0 radical (unpaired) electrons. The van der Waals surface area contributed by atoms with Crippen molar-refractivity contribution in [1.82, 2.24) is 9.97 Å². The van der Waals surface area contributed by atoms with Gasteiger partial charge in [-0.1, -0.05) is 180 Å². The molecule has 66 heavy (non-hydrogen) atoms. The van der Waals surface area contributed by atoms with Gasteiger partial charge in [-0.25, -0.2) is 0 Å². The lowest BCUT2D eigenvalue weighted by molar-refractivity contribution is -0.110. The predicted octanol–water partition coefficient (Wildman–Crippen LogP) is 14.4. The van der Waals surface area contributed by atoms with Crippen molar-refractivity contribution in [2.24, 2.45) is 0 Å². The summed E-state index contributed by atoms with van der Waals surface area (Å²) in [6.07, 6.45) is 3.95. The lowest BCUT2D eigenvalue weighted by Gasteiger charge is -2.26. The summed E-state index contributed by atoms with van der Waals surface area (Å²) in [7, 11) is 0. The monoisotopic (exact) mass is 870 g/mol. The highest BCUT2D eigenvalue weighted by molar-refractivity contribution is 6.18. The summed E-state index contributed by atoms with van der Waals surface area (Å²) in [5, 5.41) is 0. The minimum atomic E-state index is 0.0255. The number of benzene rings is 5. The van der Waals surface area contributed by atoms with E-state index in [9.17, 15) is 9.59 Å². The van der Waals surface area contributed by atoms with Crippen LogP contribution in [0.2, 0.25) is 0 Å². The molecule has 0 saturated carbocycles. The zero-order chi connectivity index (χ0) is 47.1. The molecule has 2 aromatic heterocycles. The molecule has 0 N–H and O–H groups in total. The molecular formula is C60H62N4O2. The van der Waals surface area contributed by atoms with Crippen LogP contribution >= 0.6 is 0 Å². The Kier molecular flexibility index (Phi) is 10.8. The molecule has 334 valence electrons. The Morgan fingerprint density at radius 2 is 0.621 bits per heavy atom. The fourth-order valence-corrected chi connectivity index (χ4v) is 8.56. The fourth-order valence-electron chi connectivity index (χ4n) is 8.56. The first-order valence-electron chi connectivity index (χ1n) is 23.3. The molecule has 0 atom stereocenters. The molecular weight excluding hydrogens is 809 g/mol. The minimum Gasteiger partial charge on any atom is -0.301 e. The van der Waals surface area contributed by atoms with E-state index in [2.05, 4.69) is 204 Å². The van der Waals surface area contributed by atoms with Gasteiger partial charge in [-0.3, -0.25) is 19.6 Å². The van der Waals surface area contributed by atoms with E-state index in [1.165, 1.54) is 33.4 Å². The number of amides is 2. The van der Waals surface area contributed by atoms with Gasteiger partial charge < -0.3 is 9.80 Å². The molecule has 5 aromatic carbocycles. The van der Waals surface area contributed by atoms with Crippen LogP contribution in [0.3, 0.4) is 0 Å². The van der Waals surface area contributed by atoms with Gasteiger partial charge in [0.15, 0.2) is 0 Å². The SMILES string of the molecule is CC(C)(C)c1cc(-c2ccc(-c3ccc(-c4cc(N5CC5=O)c(-c5ccc(-c6ccc(-c7cc(C(C)(C)C)cc(C(C)(C)C)c7)cn6)cc5)cc4N4CC4=O)cc3)nc2)cc(C(C)(C)C)c1. The molecule has 9 rings (SSSR count). The van der Waals surface area contributed by atoms with E-state index in [0.29, 0.717) is 13.1 Å². The largest absolute Gasteiger partial charge is 0.301 e. The molecule has 0 aliphatic carbocycles. The summed E-state index contributed by atoms with van der Waals surface area (Å²) in [5.41, 5.74) is 19.1. The van der Waals surface area contributed by atoms with E-state index in [4.69, 9.17) is 9.97 Å². The number of rotatable bonds is 8. The van der Waals surface area contributed by atoms with E-state index in [1.807, 2.05) is 22.2 Å². The Morgan fingerprint density at radius 3 is 0.864 bits per heavy atom. The third-order valence-corrected chi connectivity index (χ3v) is 13.2. The number of pyridine rings is 2. The Balaban J connectivity index is 0.997. The van der Waals surface area contributed by atoms with Gasteiger partial charge in [0.05, 0.1) is 22.8 Å². The molecule has 7 aromatic rings. The number of nitrogens with zero attached hydrogens (tertiary/aromatic N) is 4. The second-order valence-corrected chi connectivity index (χ2v) is 22.5. The Labute approximate surface area is 391 Å². The minimum absolute atomic E-state index is 0.0255. The van der Waals surface area contributed by atoms with Crippen LogP contribution in [0.1, 0.15) is 105 Å². The number of anilines is 2. The molecule has 0 unspecified atom stereocenters. The van der Waals surface area contributed by atoms with Crippen LogP contribution in [0.25, 0.3) is 67.0 Å². The van der Waals surface area contributed by atoms with Gasteiger partial charge >= 0.3 is 0 Å². The molecule has 2 aliphatic heterocycles. The van der Waals surface area contributed by atoms with Crippen molar-refractivity contribution in [2.75, 3.05) is 22.9 Å². The molecule has 4 heterocycles. The second kappa shape index (κ2) is 16.0. The summed E-state index contributed by atoms with van der Waals surface area (Å²) in [4.78, 5) is 39.1. The lowest BCUT2D eigenvalue weighted by atomic mass is 9.79. The summed E-state index contributed by atoms with van der Waals surface area (Å²) < 4.78 is 0. The smallest absolute Gasteiger partial charge is 0.247 e. The first-order chi connectivity index (χ1) is 31.0. The summed E-state index contributed by atoms with van der Waals surface area (Å²) in [6, 6.07) is 43.3. The normalized spacial score (nSPS) is 14.2. The van der Waals surface area contributed by atoms with Crippen molar-refractivity contribution >= 4 is 23.2 Å². The standard InChI is InChI=1S/C60H62N4O2/c1-57(2,3)45-25-43(26-46(29-45)58(4,5)6)41-21-23-51(61-33-41)39-17-13-37(14-18-39)49-31-54(64-36-56(64)66)50(32-53(49)63-35-55(63)65)38-15-19-40(20-16-38)52-24-22-42(34-62-52)44-27-47(59(7,8)9)30-48(28-44)60(10,11)12/h13-34H,35-36H2,1-12H3. The van der Waals surface area contributed by atoms with Crippen LogP contribution in [-0.4, -0.2) is 34.9 Å². The van der Waals surface area contributed by atoms with E-state index < -0.39 is 0 Å². The molecule has 6 nitrogen and oxygen atoms in total. The van der Waals surface area contributed by atoms with Gasteiger partial charge in [0.2, 0.25) is 11.8 Å². The Morgan fingerprint density at radius 1 is 0.348 bits per heavy atom. The topological polar surface area (TPSA) is 65.9 Å². The van der Waals surface area contributed by atoms with Crippen molar-refractivity contribution in [3.05, 3.63) is 156 Å². The van der Waals surface area contributed by atoms with Crippen LogP contribution < -0.4 is 9.80 Å². The van der Waals surface area contributed by atoms with Gasteiger partial charge in [0.1, 0.15) is 13.1 Å². The first-order valence-corrected chi connectivity index (χ1v) is 23.3. The number of carbonyl (C=O) groups excluding carboxylic acids is 2. The number of hydrogen-bond acceptors (Lipinski definition) is 4. The van der Waals surface area contributed by atoms with Crippen molar-refractivity contribution < 1.29 is 9.59 Å². The van der Waals surface area contributed by atoms with E-state index in [-0.39, 0.29) is 33.5 Å². The maximum atomic E-state index is 12.8. The lowest BCUT2D eigenvalue weighted by Crippen LogP contribution is -2.16. The number of carbonyl (C=O) groups is 2. The van der Waals surface area contributed by atoms with E-state index in [0.717, 1.165) is 67.3 Å². The van der Waals surface area contributed by atoms with E-state index >= 15 is 0 Å². The highest BCUT2D eigenvalue weighted by Crippen LogP contribution is 2.46. The van der Waals surface area contributed by atoms with Gasteiger partial charge in [0, 0.05) is 45.8 Å². The van der Waals surface area contributed by atoms with Crippen molar-refractivity contribution in [2.45, 2.75) is 105 Å². The van der Waals surface area contributed by atoms with Gasteiger partial charge in [-0.2, -0.15) is 0 Å². The number of aromatic nitrogens is 2. The van der Waals surface area contributed by atoms with Crippen molar-refractivity contribution in [3.8, 4) is 67.0 Å². The molecule has 2 saturated heterocycles. The van der Waals surface area contributed by atoms with Crippen LogP contribution in [0.5, 0.6) is 0 Å². The zero-order valence-electron chi connectivity index (χ0n) is 40.7. The Hall–Kier alpha value is -6.66. The highest BCUT2D eigenvalue weighted by Gasteiger charge is 2.38. The summed E-state index contributed by atoms with van der Waals surface area (Å²) >= 11 is 0. The maximum absolute atomic E-state index is 12.8. The summed E-state index contributed by atoms with van der Waals surface area (Å²) in [6.45, 7) is 27.9. The quantitative estimate of drug-likeness (QED) is 0.143. The predicted molar refractivity (Wildman–Crippen MR) is 274 cm³/mol. The third-order valence-electron chi connectivity index (χ3n) is 13.2. The Bertz CT molecular complexity index is 2730. The van der Waals surface area contributed by atoms with Crippen LogP contribution in [0.4, 0.5) is 11.4 Å². The summed E-state index contributed by atoms with van der Waals surface area (Å²) in [5.74, 6) is 0.150. The molecule has 2 amide bonds. The van der Waals surface area contributed by atoms with E-state index in [1.54, 1.807) is 0 Å². The molecule has 0 bridgehead atoms. The number of hydrogen-bond donors (Lipinski definition) is 0. The average Bonchev–Trinajstić information content (AvgIpc) is 4.21. The first kappa shape index (κ1) is 44.5. The fraction of sp³-hybridized carbons (Fsp3) is 0.300. The molecule has 2 fully saturated rings. The van der Waals surface area contributed by atoms with Crippen LogP contribution in [-0.2, 0) is 31.2 Å². The van der Waals surface area contributed by atoms with Gasteiger partial charge in [-0.15, -0.1) is 0 Å². The van der Waals surface area contributed by atoms with Crippen molar-refractivity contribution in [3.63, 3.8) is 0 Å². The second-order valence-electron chi connectivity index (χ2n) is 22.5. The zero-order valence-corrected chi connectivity index (χ0v) is 40.7. The average molecular weight is 871 g/mol.